The maximum absolute atomic E-state index is 14.6. The maximum Gasteiger partial charge on any atom is 0.224 e. The van der Waals surface area contributed by atoms with Gasteiger partial charge >= 0.3 is 0 Å². The van der Waals surface area contributed by atoms with Crippen LogP contribution in [0, 0.1) is 11.2 Å². The lowest BCUT2D eigenvalue weighted by Gasteiger charge is -2.17. The highest BCUT2D eigenvalue weighted by Gasteiger charge is 2.18. The van der Waals surface area contributed by atoms with E-state index >= 15 is 0 Å². The number of anilines is 1. The van der Waals surface area contributed by atoms with Crippen LogP contribution in [0.15, 0.2) is 73.3 Å². The third-order valence-electron chi connectivity index (χ3n) is 6.39. The number of aromatic nitrogens is 6. The monoisotopic (exact) mass is 519 g/mol. The zero-order valence-corrected chi connectivity index (χ0v) is 21.7. The van der Waals surface area contributed by atoms with Gasteiger partial charge in [0.1, 0.15) is 11.5 Å². The first-order valence-corrected chi connectivity index (χ1v) is 12.6. The fourth-order valence-electron chi connectivity index (χ4n) is 4.66. The number of amides is 1. The number of carbonyl (C=O) groups is 1. The van der Waals surface area contributed by atoms with E-state index in [1.54, 1.807) is 43.0 Å². The number of fused-ring (bicyclic) bond motifs is 2. The number of aromatic amines is 2. The Hall–Kier alpha value is -4.92. The minimum Gasteiger partial charge on any atom is -0.353 e. The molecule has 9 heteroatoms. The Morgan fingerprint density at radius 2 is 1.77 bits per heavy atom. The van der Waals surface area contributed by atoms with Crippen molar-refractivity contribution in [3.8, 4) is 33.9 Å². The number of nitrogens with zero attached hydrogens (tertiary/aromatic N) is 4. The lowest BCUT2D eigenvalue weighted by Crippen LogP contribution is -2.19. The SMILES string of the molecule is CC(C)(C)CC(=O)Nc1cncc(-c2cc3c(-c4cc5c(-c6ccccc6F)nccc5[nH]4)n[nH]c3cn2)c1. The topological polar surface area (TPSA) is 112 Å². The van der Waals surface area contributed by atoms with E-state index in [4.69, 9.17) is 0 Å². The van der Waals surface area contributed by atoms with Crippen LogP contribution in [0.5, 0.6) is 0 Å². The molecule has 1 amide bonds. The van der Waals surface area contributed by atoms with Crippen LogP contribution in [0.25, 0.3) is 55.7 Å². The average molecular weight is 520 g/mol. The number of pyridine rings is 3. The van der Waals surface area contributed by atoms with E-state index in [0.717, 1.165) is 33.1 Å². The molecule has 0 aliphatic heterocycles. The van der Waals surface area contributed by atoms with Gasteiger partial charge in [-0.2, -0.15) is 5.10 Å². The molecule has 6 aromatic rings. The summed E-state index contributed by atoms with van der Waals surface area (Å²) >= 11 is 0. The molecule has 1 aromatic carbocycles. The third kappa shape index (κ3) is 4.86. The number of H-pyrrole nitrogens is 2. The molecule has 0 saturated heterocycles. The van der Waals surface area contributed by atoms with Crippen LogP contribution in [0.2, 0.25) is 0 Å². The van der Waals surface area contributed by atoms with Gasteiger partial charge in [-0.15, -0.1) is 0 Å². The Morgan fingerprint density at radius 1 is 0.949 bits per heavy atom. The molecular weight excluding hydrogens is 493 g/mol. The number of hydrogen-bond acceptors (Lipinski definition) is 5. The number of nitrogens with one attached hydrogen (secondary N) is 3. The van der Waals surface area contributed by atoms with E-state index in [9.17, 15) is 9.18 Å². The molecule has 8 nitrogen and oxygen atoms in total. The Kier molecular flexibility index (Phi) is 5.91. The van der Waals surface area contributed by atoms with Crippen LogP contribution in [0.4, 0.5) is 10.1 Å². The van der Waals surface area contributed by atoms with E-state index < -0.39 is 0 Å². The molecule has 3 N–H and O–H groups in total. The van der Waals surface area contributed by atoms with Gasteiger partial charge in [0, 0.05) is 46.2 Å². The molecule has 5 heterocycles. The molecule has 5 aromatic heterocycles. The predicted molar refractivity (Wildman–Crippen MR) is 150 cm³/mol. The van der Waals surface area contributed by atoms with Crippen LogP contribution >= 0.6 is 0 Å². The highest BCUT2D eigenvalue weighted by atomic mass is 19.1. The first-order valence-electron chi connectivity index (χ1n) is 12.6. The molecule has 0 unspecified atom stereocenters. The molecule has 39 heavy (non-hydrogen) atoms. The molecular formula is C30H26FN7O. The van der Waals surface area contributed by atoms with Crippen LogP contribution in [-0.2, 0) is 4.79 Å². The van der Waals surface area contributed by atoms with Crippen molar-refractivity contribution in [3.63, 3.8) is 0 Å². The fraction of sp³-hybridized carbons (Fsp3) is 0.167. The Balaban J connectivity index is 1.37. The third-order valence-corrected chi connectivity index (χ3v) is 6.39. The second-order valence-electron chi connectivity index (χ2n) is 10.7. The van der Waals surface area contributed by atoms with Gasteiger partial charge in [-0.1, -0.05) is 32.9 Å². The summed E-state index contributed by atoms with van der Waals surface area (Å²) in [6.45, 7) is 6.06. The highest BCUT2D eigenvalue weighted by Crippen LogP contribution is 2.34. The molecule has 194 valence electrons. The number of benzene rings is 1. The number of carbonyl (C=O) groups excluding carboxylic acids is 1. The van der Waals surface area contributed by atoms with Crippen LogP contribution in [-0.4, -0.2) is 36.0 Å². The Bertz CT molecular complexity index is 1850. The zero-order chi connectivity index (χ0) is 27.1. The summed E-state index contributed by atoms with van der Waals surface area (Å²) in [6.07, 6.45) is 7.12. The summed E-state index contributed by atoms with van der Waals surface area (Å²) in [5.41, 5.74) is 6.00. The van der Waals surface area contributed by atoms with E-state index in [1.807, 2.05) is 45.0 Å². The van der Waals surface area contributed by atoms with Gasteiger partial charge in [-0.25, -0.2) is 4.39 Å². The van der Waals surface area contributed by atoms with Crippen molar-refractivity contribution in [2.24, 2.45) is 5.41 Å². The number of hydrogen-bond donors (Lipinski definition) is 3. The summed E-state index contributed by atoms with van der Waals surface area (Å²) in [7, 11) is 0. The van der Waals surface area contributed by atoms with E-state index in [2.05, 4.69) is 35.5 Å². The van der Waals surface area contributed by atoms with E-state index in [1.165, 1.54) is 6.07 Å². The van der Waals surface area contributed by atoms with Crippen molar-refractivity contribution in [3.05, 3.63) is 79.1 Å². The Labute approximate surface area is 223 Å². The van der Waals surface area contributed by atoms with Gasteiger partial charge in [-0.3, -0.25) is 24.8 Å². The van der Waals surface area contributed by atoms with Gasteiger partial charge in [-0.05, 0) is 41.8 Å². The zero-order valence-electron chi connectivity index (χ0n) is 21.7. The first kappa shape index (κ1) is 24.4. The summed E-state index contributed by atoms with van der Waals surface area (Å²) in [5.74, 6) is -0.392. The van der Waals surface area contributed by atoms with Crippen molar-refractivity contribution in [1.29, 1.82) is 0 Å². The summed E-state index contributed by atoms with van der Waals surface area (Å²) in [4.78, 5) is 29.2. The minimum atomic E-state index is -0.327. The molecule has 0 bridgehead atoms. The lowest BCUT2D eigenvalue weighted by atomic mass is 9.92. The molecule has 0 saturated carbocycles. The molecule has 6 rings (SSSR count). The first-order chi connectivity index (χ1) is 18.7. The van der Waals surface area contributed by atoms with Crippen LogP contribution in [0.1, 0.15) is 27.2 Å². The standard InChI is InChI=1S/C30H26FN7O/c1-30(2,3)13-27(39)35-18-10-17(14-32-15-18)24-11-21-26(16-34-24)37-38-29(21)25-12-20-23(36-25)8-9-33-28(20)19-6-4-5-7-22(19)31/h4-12,14-16,36H,13H2,1-3H3,(H,35,39)(H,37,38). The fourth-order valence-corrected chi connectivity index (χ4v) is 4.66. The average Bonchev–Trinajstić information content (AvgIpc) is 3.51. The van der Waals surface area contributed by atoms with Crippen molar-refractivity contribution in [1.82, 2.24) is 30.1 Å². The summed E-state index contributed by atoms with van der Waals surface area (Å²) in [6, 6.07) is 14.2. The van der Waals surface area contributed by atoms with Gasteiger partial charge in [0.25, 0.3) is 0 Å². The molecule has 0 aliphatic carbocycles. The van der Waals surface area contributed by atoms with Gasteiger partial charge in [0.05, 0.1) is 40.7 Å². The quantitative estimate of drug-likeness (QED) is 0.233. The number of halogens is 1. The largest absolute Gasteiger partial charge is 0.353 e. The second kappa shape index (κ2) is 9.43. The molecule has 0 spiro atoms. The summed E-state index contributed by atoms with van der Waals surface area (Å²) < 4.78 is 14.6. The van der Waals surface area contributed by atoms with Crippen LogP contribution < -0.4 is 5.32 Å². The smallest absolute Gasteiger partial charge is 0.224 e. The van der Waals surface area contributed by atoms with Gasteiger partial charge in [0.2, 0.25) is 5.91 Å². The molecule has 0 fully saturated rings. The van der Waals surface area contributed by atoms with Gasteiger partial charge in [0.15, 0.2) is 0 Å². The molecule has 0 radical (unpaired) electrons. The maximum atomic E-state index is 14.6. The molecule has 0 atom stereocenters. The Morgan fingerprint density at radius 3 is 2.59 bits per heavy atom. The van der Waals surface area contributed by atoms with Gasteiger partial charge < -0.3 is 10.3 Å². The number of rotatable bonds is 5. The van der Waals surface area contributed by atoms with E-state index in [0.29, 0.717) is 34.8 Å². The van der Waals surface area contributed by atoms with Crippen LogP contribution in [0.3, 0.4) is 0 Å². The second-order valence-corrected chi connectivity index (χ2v) is 10.7. The van der Waals surface area contributed by atoms with Crippen molar-refractivity contribution in [2.45, 2.75) is 27.2 Å². The summed E-state index contributed by atoms with van der Waals surface area (Å²) in [5, 5.41) is 12.2. The van der Waals surface area contributed by atoms with Crippen molar-refractivity contribution in [2.75, 3.05) is 5.32 Å². The minimum absolute atomic E-state index is 0.0648. The predicted octanol–water partition coefficient (Wildman–Crippen LogP) is 6.74. The molecule has 0 aliphatic rings. The van der Waals surface area contributed by atoms with Crippen molar-refractivity contribution >= 4 is 33.4 Å². The van der Waals surface area contributed by atoms with E-state index in [-0.39, 0.29) is 17.1 Å². The normalized spacial score (nSPS) is 11.8. The lowest BCUT2D eigenvalue weighted by molar-refractivity contribution is -0.117. The highest BCUT2D eigenvalue weighted by molar-refractivity contribution is 6.00. The van der Waals surface area contributed by atoms with Crippen molar-refractivity contribution < 1.29 is 9.18 Å².